The van der Waals surface area contributed by atoms with E-state index in [1.54, 1.807) is 0 Å². The Hall–Kier alpha value is -1.61. The summed E-state index contributed by atoms with van der Waals surface area (Å²) in [6.45, 7) is 13.8. The fraction of sp³-hybridized carbons (Fsp3) is 0.609. The van der Waals surface area contributed by atoms with E-state index in [0.29, 0.717) is 12.5 Å². The lowest BCUT2D eigenvalue weighted by molar-refractivity contribution is -0.119. The SMILES string of the molecule is C=C1N(C(CCC(C)C)C(=O)CNC)c2cc(C)c(CC)cc2C12CC2. The number of carbonyl (C=O) groups is 1. The average molecular weight is 355 g/mol. The first-order chi connectivity index (χ1) is 12.4. The summed E-state index contributed by atoms with van der Waals surface area (Å²) in [5, 5.41) is 3.06. The van der Waals surface area contributed by atoms with Crippen molar-refractivity contribution in [1.29, 1.82) is 0 Å². The number of aryl methyl sites for hydroxylation is 2. The zero-order valence-corrected chi connectivity index (χ0v) is 17.1. The Bertz CT molecular complexity index is 715. The lowest BCUT2D eigenvalue weighted by atomic mass is 9.92. The van der Waals surface area contributed by atoms with Gasteiger partial charge < -0.3 is 10.2 Å². The molecule has 0 amide bonds. The Balaban J connectivity index is 2.04. The van der Waals surface area contributed by atoms with Gasteiger partial charge in [-0.3, -0.25) is 4.79 Å². The van der Waals surface area contributed by atoms with Crippen molar-refractivity contribution in [2.24, 2.45) is 5.92 Å². The number of nitrogens with one attached hydrogen (secondary N) is 1. The van der Waals surface area contributed by atoms with Gasteiger partial charge in [0.2, 0.25) is 0 Å². The quantitative estimate of drug-likeness (QED) is 0.745. The molecule has 1 atom stereocenters. The fourth-order valence-corrected chi connectivity index (χ4v) is 4.49. The number of allylic oxidation sites excluding steroid dienone is 1. The number of nitrogens with zero attached hydrogens (tertiary/aromatic N) is 1. The van der Waals surface area contributed by atoms with E-state index in [2.05, 4.69) is 56.6 Å². The van der Waals surface area contributed by atoms with Crippen molar-refractivity contribution in [1.82, 2.24) is 5.32 Å². The Morgan fingerprint density at radius 1 is 1.31 bits per heavy atom. The van der Waals surface area contributed by atoms with Crippen LogP contribution in [0.4, 0.5) is 5.69 Å². The first-order valence-corrected chi connectivity index (χ1v) is 10.2. The lowest BCUT2D eigenvalue weighted by Gasteiger charge is -2.32. The highest BCUT2D eigenvalue weighted by Gasteiger charge is 2.56. The average Bonchev–Trinajstić information content (AvgIpc) is 3.35. The molecule has 3 rings (SSSR count). The Morgan fingerprint density at radius 3 is 2.54 bits per heavy atom. The normalized spacial score (nSPS) is 18.5. The second-order valence-corrected chi connectivity index (χ2v) is 8.53. The highest BCUT2D eigenvalue weighted by molar-refractivity contribution is 5.92. The Labute approximate surface area is 158 Å². The zero-order valence-electron chi connectivity index (χ0n) is 17.1. The van der Waals surface area contributed by atoms with Gasteiger partial charge in [0.15, 0.2) is 5.78 Å². The van der Waals surface area contributed by atoms with Gasteiger partial charge >= 0.3 is 0 Å². The van der Waals surface area contributed by atoms with Gasteiger partial charge in [-0.1, -0.05) is 33.4 Å². The number of fused-ring (bicyclic) bond motifs is 2. The molecule has 1 unspecified atom stereocenters. The van der Waals surface area contributed by atoms with Gasteiger partial charge in [-0.2, -0.15) is 0 Å². The fourth-order valence-electron chi connectivity index (χ4n) is 4.49. The van der Waals surface area contributed by atoms with Crippen LogP contribution in [-0.4, -0.2) is 25.4 Å². The van der Waals surface area contributed by atoms with Gasteiger partial charge in [-0.25, -0.2) is 0 Å². The third kappa shape index (κ3) is 3.11. The van der Waals surface area contributed by atoms with E-state index in [0.717, 1.165) is 25.0 Å². The van der Waals surface area contributed by atoms with Crippen LogP contribution in [0.15, 0.2) is 24.4 Å². The molecule has 3 heteroatoms. The van der Waals surface area contributed by atoms with Crippen LogP contribution in [0, 0.1) is 12.8 Å². The molecule has 3 nitrogen and oxygen atoms in total. The molecule has 1 saturated carbocycles. The van der Waals surface area contributed by atoms with Gasteiger partial charge in [0.05, 0.1) is 12.6 Å². The van der Waals surface area contributed by atoms with E-state index < -0.39 is 0 Å². The first-order valence-electron chi connectivity index (χ1n) is 10.2. The number of likely N-dealkylation sites (N-methyl/N-ethyl adjacent to an activating group) is 1. The number of anilines is 1. The van der Waals surface area contributed by atoms with Crippen molar-refractivity contribution < 1.29 is 4.79 Å². The van der Waals surface area contributed by atoms with Crippen LogP contribution in [0.25, 0.3) is 0 Å². The van der Waals surface area contributed by atoms with Crippen LogP contribution in [0.2, 0.25) is 0 Å². The molecule has 0 aromatic heterocycles. The predicted molar refractivity (Wildman–Crippen MR) is 110 cm³/mol. The number of Topliss-reactive ketones (excluding diaryl/α,β-unsaturated/α-hetero) is 1. The minimum atomic E-state index is -0.108. The highest BCUT2D eigenvalue weighted by Crippen LogP contribution is 2.62. The van der Waals surface area contributed by atoms with E-state index in [4.69, 9.17) is 0 Å². The summed E-state index contributed by atoms with van der Waals surface area (Å²) in [5.74, 6) is 0.865. The molecule has 26 heavy (non-hydrogen) atoms. The molecular formula is C23H34N2O. The molecule has 1 heterocycles. The van der Waals surface area contributed by atoms with Gasteiger partial charge in [0.25, 0.3) is 0 Å². The summed E-state index contributed by atoms with van der Waals surface area (Å²) in [4.78, 5) is 15.3. The largest absolute Gasteiger partial charge is 0.334 e. The molecule has 0 radical (unpaired) electrons. The van der Waals surface area contributed by atoms with Crippen molar-refractivity contribution in [3.63, 3.8) is 0 Å². The van der Waals surface area contributed by atoms with Crippen molar-refractivity contribution >= 4 is 11.5 Å². The number of hydrogen-bond donors (Lipinski definition) is 1. The molecule has 0 bridgehead atoms. The molecule has 1 aliphatic heterocycles. The Morgan fingerprint density at radius 2 is 2.00 bits per heavy atom. The smallest absolute Gasteiger partial charge is 0.169 e. The summed E-state index contributed by atoms with van der Waals surface area (Å²) in [5.41, 5.74) is 6.65. The molecule has 1 aromatic rings. The lowest BCUT2D eigenvalue weighted by Crippen LogP contribution is -2.43. The number of hydrogen-bond acceptors (Lipinski definition) is 3. The van der Waals surface area contributed by atoms with Crippen molar-refractivity contribution in [3.05, 3.63) is 41.1 Å². The van der Waals surface area contributed by atoms with Gasteiger partial charge in [0.1, 0.15) is 0 Å². The summed E-state index contributed by atoms with van der Waals surface area (Å²) in [6.07, 6.45) is 5.33. The summed E-state index contributed by atoms with van der Waals surface area (Å²) >= 11 is 0. The number of carbonyl (C=O) groups excluding carboxylic acids is 1. The van der Waals surface area contributed by atoms with Crippen LogP contribution in [0.5, 0.6) is 0 Å². The monoisotopic (exact) mass is 354 g/mol. The molecule has 1 N–H and O–H groups in total. The maximum absolute atomic E-state index is 13.0. The minimum Gasteiger partial charge on any atom is -0.334 e. The molecular weight excluding hydrogens is 320 g/mol. The maximum atomic E-state index is 13.0. The van der Waals surface area contributed by atoms with Crippen molar-refractivity contribution in [3.8, 4) is 0 Å². The third-order valence-electron chi connectivity index (χ3n) is 6.26. The van der Waals surface area contributed by atoms with E-state index in [1.165, 1.54) is 35.2 Å². The van der Waals surface area contributed by atoms with Crippen LogP contribution >= 0.6 is 0 Å². The van der Waals surface area contributed by atoms with Crippen molar-refractivity contribution in [2.75, 3.05) is 18.5 Å². The predicted octanol–water partition coefficient (Wildman–Crippen LogP) is 4.52. The van der Waals surface area contributed by atoms with Crippen LogP contribution < -0.4 is 10.2 Å². The van der Waals surface area contributed by atoms with Gasteiger partial charge in [-0.05, 0) is 74.8 Å². The maximum Gasteiger partial charge on any atom is 0.169 e. The van der Waals surface area contributed by atoms with Crippen LogP contribution in [0.1, 0.15) is 63.1 Å². The standard InChI is InChI=1S/C23H34N2O/c1-7-18-13-19-21(12-16(18)4)25(17(5)23(19)10-11-23)20(9-8-15(2)3)22(26)14-24-6/h12-13,15,20,24H,5,7-11,14H2,1-4,6H3. The zero-order chi connectivity index (χ0) is 19.1. The minimum absolute atomic E-state index is 0.100. The van der Waals surface area contributed by atoms with E-state index >= 15 is 0 Å². The molecule has 1 aliphatic carbocycles. The van der Waals surface area contributed by atoms with Crippen LogP contribution in [0.3, 0.4) is 0 Å². The van der Waals surface area contributed by atoms with Crippen LogP contribution in [-0.2, 0) is 16.6 Å². The first kappa shape index (κ1) is 19.2. The van der Waals surface area contributed by atoms with Crippen molar-refractivity contribution in [2.45, 2.75) is 71.3 Å². The second kappa shape index (κ2) is 7.19. The molecule has 0 saturated heterocycles. The summed E-state index contributed by atoms with van der Waals surface area (Å²) in [6, 6.07) is 4.59. The van der Waals surface area contributed by atoms with Gasteiger partial charge in [0, 0.05) is 16.8 Å². The summed E-state index contributed by atoms with van der Waals surface area (Å²) in [7, 11) is 1.85. The third-order valence-corrected chi connectivity index (χ3v) is 6.26. The summed E-state index contributed by atoms with van der Waals surface area (Å²) < 4.78 is 0. The number of benzene rings is 1. The second-order valence-electron chi connectivity index (χ2n) is 8.53. The Kier molecular flexibility index (Phi) is 5.30. The van der Waals surface area contributed by atoms with Gasteiger partial charge in [-0.15, -0.1) is 0 Å². The molecule has 1 aromatic carbocycles. The number of ketones is 1. The number of rotatable bonds is 8. The molecule has 1 fully saturated rings. The van der Waals surface area contributed by atoms with E-state index in [9.17, 15) is 4.79 Å². The topological polar surface area (TPSA) is 32.3 Å². The highest BCUT2D eigenvalue weighted by atomic mass is 16.1. The molecule has 142 valence electrons. The van der Waals surface area contributed by atoms with E-state index in [1.807, 2.05) is 7.05 Å². The van der Waals surface area contributed by atoms with E-state index in [-0.39, 0.29) is 17.2 Å². The molecule has 1 spiro atoms. The molecule has 2 aliphatic rings.